The van der Waals surface area contributed by atoms with E-state index in [1.807, 2.05) is 6.92 Å². The summed E-state index contributed by atoms with van der Waals surface area (Å²) in [6, 6.07) is 9.91. The van der Waals surface area contributed by atoms with Gasteiger partial charge in [0.05, 0.1) is 19.8 Å². The van der Waals surface area contributed by atoms with Crippen LogP contribution >= 0.6 is 0 Å². The highest BCUT2D eigenvalue weighted by Gasteiger charge is 2.18. The average molecular weight is 314 g/mol. The van der Waals surface area contributed by atoms with Gasteiger partial charge in [-0.05, 0) is 44.2 Å². The standard InChI is InChI=1S/C18H18O5/c1-11-5-7-17(14(9-11)12(2)19)23-18(20)15-10-13(21-3)6-8-16(15)22-4/h5-10H,1-4H3. The van der Waals surface area contributed by atoms with Crippen molar-refractivity contribution in [2.75, 3.05) is 14.2 Å². The quantitative estimate of drug-likeness (QED) is 0.480. The van der Waals surface area contributed by atoms with E-state index in [9.17, 15) is 9.59 Å². The second-order valence-electron chi connectivity index (χ2n) is 5.01. The molecular formula is C18H18O5. The van der Waals surface area contributed by atoms with E-state index in [2.05, 4.69) is 0 Å². The lowest BCUT2D eigenvalue weighted by atomic mass is 10.1. The second kappa shape index (κ2) is 6.96. The van der Waals surface area contributed by atoms with Crippen molar-refractivity contribution in [1.29, 1.82) is 0 Å². The van der Waals surface area contributed by atoms with Gasteiger partial charge in [0, 0.05) is 0 Å². The molecule has 0 saturated heterocycles. The fourth-order valence-electron chi connectivity index (χ4n) is 2.14. The smallest absolute Gasteiger partial charge is 0.347 e. The van der Waals surface area contributed by atoms with Crippen LogP contribution in [-0.2, 0) is 0 Å². The number of ether oxygens (including phenoxy) is 3. The first-order valence-electron chi connectivity index (χ1n) is 7.02. The zero-order chi connectivity index (χ0) is 17.0. The van der Waals surface area contributed by atoms with Crippen molar-refractivity contribution in [1.82, 2.24) is 0 Å². The number of aryl methyl sites for hydroxylation is 1. The molecule has 0 aliphatic heterocycles. The molecule has 23 heavy (non-hydrogen) atoms. The van der Waals surface area contributed by atoms with Crippen LogP contribution in [0.25, 0.3) is 0 Å². The van der Waals surface area contributed by atoms with Gasteiger partial charge in [0.15, 0.2) is 5.78 Å². The number of hydrogen-bond donors (Lipinski definition) is 0. The van der Waals surface area contributed by atoms with E-state index in [1.165, 1.54) is 27.2 Å². The Morgan fingerprint density at radius 3 is 2.17 bits per heavy atom. The molecule has 0 unspecified atom stereocenters. The molecule has 0 heterocycles. The summed E-state index contributed by atoms with van der Waals surface area (Å²) in [5.74, 6) is 0.305. The fourth-order valence-corrected chi connectivity index (χ4v) is 2.14. The summed E-state index contributed by atoms with van der Waals surface area (Å²) in [6.07, 6.45) is 0. The summed E-state index contributed by atoms with van der Waals surface area (Å²) >= 11 is 0. The predicted molar refractivity (Wildman–Crippen MR) is 85.7 cm³/mol. The number of esters is 1. The first-order valence-corrected chi connectivity index (χ1v) is 7.02. The van der Waals surface area contributed by atoms with Crippen LogP contribution in [0.5, 0.6) is 17.2 Å². The summed E-state index contributed by atoms with van der Waals surface area (Å²) in [7, 11) is 2.97. The van der Waals surface area contributed by atoms with E-state index < -0.39 is 5.97 Å². The van der Waals surface area contributed by atoms with E-state index in [4.69, 9.17) is 14.2 Å². The molecule has 5 nitrogen and oxygen atoms in total. The Balaban J connectivity index is 2.38. The van der Waals surface area contributed by atoms with E-state index in [0.717, 1.165) is 5.56 Å². The van der Waals surface area contributed by atoms with Gasteiger partial charge in [0.25, 0.3) is 0 Å². The van der Waals surface area contributed by atoms with Crippen molar-refractivity contribution in [3.8, 4) is 17.2 Å². The summed E-state index contributed by atoms with van der Waals surface area (Å²) in [5.41, 5.74) is 1.50. The average Bonchev–Trinajstić information content (AvgIpc) is 2.55. The lowest BCUT2D eigenvalue weighted by Gasteiger charge is -2.12. The largest absolute Gasteiger partial charge is 0.497 e. The van der Waals surface area contributed by atoms with Crippen molar-refractivity contribution in [2.24, 2.45) is 0 Å². The summed E-state index contributed by atoms with van der Waals surface area (Å²) < 4.78 is 15.7. The molecule has 0 spiro atoms. The van der Waals surface area contributed by atoms with Crippen LogP contribution in [0.15, 0.2) is 36.4 Å². The third-order valence-electron chi connectivity index (χ3n) is 3.34. The maximum atomic E-state index is 12.5. The van der Waals surface area contributed by atoms with Gasteiger partial charge >= 0.3 is 5.97 Å². The number of rotatable bonds is 5. The molecular weight excluding hydrogens is 296 g/mol. The highest BCUT2D eigenvalue weighted by Crippen LogP contribution is 2.27. The maximum Gasteiger partial charge on any atom is 0.347 e. The highest BCUT2D eigenvalue weighted by atomic mass is 16.5. The predicted octanol–water partition coefficient (Wildman–Crippen LogP) is 3.43. The van der Waals surface area contributed by atoms with Gasteiger partial charge < -0.3 is 14.2 Å². The monoisotopic (exact) mass is 314 g/mol. The molecule has 0 atom stereocenters. The Kier molecular flexibility index (Phi) is 5.01. The molecule has 0 aliphatic carbocycles. The number of Topliss-reactive ketones (excluding diaryl/α,β-unsaturated/α-hetero) is 1. The Morgan fingerprint density at radius 1 is 0.870 bits per heavy atom. The molecule has 0 saturated carbocycles. The van der Waals surface area contributed by atoms with Gasteiger partial charge in [0.2, 0.25) is 0 Å². The topological polar surface area (TPSA) is 61.8 Å². The Labute approximate surface area is 134 Å². The van der Waals surface area contributed by atoms with E-state index in [0.29, 0.717) is 17.1 Å². The molecule has 120 valence electrons. The molecule has 2 rings (SSSR count). The normalized spacial score (nSPS) is 10.1. The third-order valence-corrected chi connectivity index (χ3v) is 3.34. The van der Waals surface area contributed by atoms with Gasteiger partial charge in [0.1, 0.15) is 22.8 Å². The van der Waals surface area contributed by atoms with E-state index in [-0.39, 0.29) is 17.1 Å². The molecule has 0 aliphatic rings. The van der Waals surface area contributed by atoms with Crippen LogP contribution in [0.2, 0.25) is 0 Å². The number of carbonyl (C=O) groups excluding carboxylic acids is 2. The molecule has 2 aromatic rings. The highest BCUT2D eigenvalue weighted by molar-refractivity contribution is 6.00. The molecule has 5 heteroatoms. The Morgan fingerprint density at radius 2 is 1.57 bits per heavy atom. The molecule has 0 radical (unpaired) electrons. The second-order valence-corrected chi connectivity index (χ2v) is 5.01. The number of carbonyl (C=O) groups is 2. The first kappa shape index (κ1) is 16.5. The van der Waals surface area contributed by atoms with Crippen LogP contribution in [0.3, 0.4) is 0 Å². The zero-order valence-electron chi connectivity index (χ0n) is 13.5. The van der Waals surface area contributed by atoms with E-state index in [1.54, 1.807) is 30.3 Å². The molecule has 0 bridgehead atoms. The van der Waals surface area contributed by atoms with Crippen molar-refractivity contribution in [3.05, 3.63) is 53.1 Å². The summed E-state index contributed by atoms with van der Waals surface area (Å²) in [4.78, 5) is 24.2. The van der Waals surface area contributed by atoms with Crippen molar-refractivity contribution in [3.63, 3.8) is 0 Å². The molecule has 0 N–H and O–H groups in total. The van der Waals surface area contributed by atoms with Gasteiger partial charge in [-0.2, -0.15) is 0 Å². The number of methoxy groups -OCH3 is 2. The summed E-state index contributed by atoms with van der Waals surface area (Å²) in [6.45, 7) is 3.29. The lowest BCUT2D eigenvalue weighted by Crippen LogP contribution is -2.12. The maximum absolute atomic E-state index is 12.5. The number of benzene rings is 2. The molecule has 0 fully saturated rings. The van der Waals surface area contributed by atoms with Crippen molar-refractivity contribution >= 4 is 11.8 Å². The van der Waals surface area contributed by atoms with Gasteiger partial charge in [-0.1, -0.05) is 11.6 Å². The Bertz CT molecular complexity index is 749. The van der Waals surface area contributed by atoms with Crippen LogP contribution < -0.4 is 14.2 Å². The van der Waals surface area contributed by atoms with Crippen molar-refractivity contribution < 1.29 is 23.8 Å². The number of hydrogen-bond acceptors (Lipinski definition) is 5. The first-order chi connectivity index (χ1) is 11.0. The minimum Gasteiger partial charge on any atom is -0.497 e. The zero-order valence-corrected chi connectivity index (χ0v) is 13.5. The van der Waals surface area contributed by atoms with Gasteiger partial charge in [-0.3, -0.25) is 4.79 Å². The lowest BCUT2D eigenvalue weighted by molar-refractivity contribution is 0.0729. The van der Waals surface area contributed by atoms with Crippen LogP contribution in [0.4, 0.5) is 0 Å². The molecule has 2 aromatic carbocycles. The molecule has 0 amide bonds. The number of ketones is 1. The van der Waals surface area contributed by atoms with Crippen molar-refractivity contribution in [2.45, 2.75) is 13.8 Å². The van der Waals surface area contributed by atoms with Crippen LogP contribution in [0.1, 0.15) is 33.2 Å². The summed E-state index contributed by atoms with van der Waals surface area (Å²) in [5, 5.41) is 0. The SMILES string of the molecule is COc1ccc(OC)c(C(=O)Oc2ccc(C)cc2C(C)=O)c1. The van der Waals surface area contributed by atoms with Crippen LogP contribution in [0, 0.1) is 6.92 Å². The minimum atomic E-state index is -0.618. The van der Waals surface area contributed by atoms with E-state index >= 15 is 0 Å². The minimum absolute atomic E-state index is 0.172. The van der Waals surface area contributed by atoms with Gasteiger partial charge in [-0.25, -0.2) is 4.79 Å². The fraction of sp³-hybridized carbons (Fsp3) is 0.222. The van der Waals surface area contributed by atoms with Crippen LogP contribution in [-0.4, -0.2) is 26.0 Å². The van der Waals surface area contributed by atoms with Gasteiger partial charge in [-0.15, -0.1) is 0 Å². The third kappa shape index (κ3) is 3.69. The Hall–Kier alpha value is -2.82. The molecule has 0 aromatic heterocycles.